The number of ether oxygens (including phenoxy) is 1. The van der Waals surface area contributed by atoms with E-state index < -0.39 is 0 Å². The first kappa shape index (κ1) is 20.4. The second-order valence-electron chi connectivity index (χ2n) is 6.55. The maximum absolute atomic E-state index is 12.4. The molecule has 0 unspecified atom stereocenters. The van der Waals surface area contributed by atoms with Crippen molar-refractivity contribution in [3.8, 4) is 0 Å². The number of fused-ring (bicyclic) bond motifs is 1. The van der Waals surface area contributed by atoms with Gasteiger partial charge in [-0.15, -0.1) is 23.1 Å². The molecule has 7 nitrogen and oxygen atoms in total. The molecule has 0 fully saturated rings. The van der Waals surface area contributed by atoms with Crippen LogP contribution < -0.4 is 5.32 Å². The van der Waals surface area contributed by atoms with Gasteiger partial charge in [-0.05, 0) is 31.5 Å². The standard InChI is InChI=1S/C21H21N5O2S2/c1-4-28-21(27)18-13(2)17-19(22-15-10-11-26(3)25-15)23-16(24-20(17)30-18)12-29-14-8-6-5-7-9-14/h5-11H,4,12H2,1-3H3,(H,22,23,24,25). The molecule has 3 aromatic heterocycles. The quantitative estimate of drug-likeness (QED) is 0.322. The van der Waals surface area contributed by atoms with Gasteiger partial charge in [-0.1, -0.05) is 18.2 Å². The van der Waals surface area contributed by atoms with Crippen molar-refractivity contribution in [2.24, 2.45) is 7.05 Å². The Hall–Kier alpha value is -2.91. The zero-order valence-corrected chi connectivity index (χ0v) is 18.5. The molecule has 9 heteroatoms. The highest BCUT2D eigenvalue weighted by Gasteiger charge is 2.22. The third kappa shape index (κ3) is 4.31. The number of esters is 1. The number of hydrogen-bond acceptors (Lipinski definition) is 8. The Morgan fingerprint density at radius 2 is 2.03 bits per heavy atom. The van der Waals surface area contributed by atoms with E-state index in [-0.39, 0.29) is 5.97 Å². The number of hydrogen-bond donors (Lipinski definition) is 1. The van der Waals surface area contributed by atoms with Gasteiger partial charge in [0.25, 0.3) is 0 Å². The van der Waals surface area contributed by atoms with Crippen molar-refractivity contribution in [2.75, 3.05) is 11.9 Å². The molecule has 3 heterocycles. The molecule has 0 aliphatic heterocycles. The van der Waals surface area contributed by atoms with Crippen molar-refractivity contribution >= 4 is 50.9 Å². The van der Waals surface area contributed by atoms with Gasteiger partial charge in [-0.3, -0.25) is 4.68 Å². The van der Waals surface area contributed by atoms with Crippen LogP contribution in [0.5, 0.6) is 0 Å². The fraction of sp³-hybridized carbons (Fsp3) is 0.238. The van der Waals surface area contributed by atoms with Crippen molar-refractivity contribution in [3.05, 3.63) is 58.9 Å². The average Bonchev–Trinajstić information content (AvgIpc) is 3.30. The molecule has 0 saturated heterocycles. The number of carbonyl (C=O) groups is 1. The van der Waals surface area contributed by atoms with E-state index in [2.05, 4.69) is 22.5 Å². The van der Waals surface area contributed by atoms with Gasteiger partial charge < -0.3 is 10.1 Å². The topological polar surface area (TPSA) is 81.9 Å². The second kappa shape index (κ2) is 8.85. The Morgan fingerprint density at radius 1 is 1.23 bits per heavy atom. The number of rotatable bonds is 7. The lowest BCUT2D eigenvalue weighted by Gasteiger charge is -2.08. The van der Waals surface area contributed by atoms with Crippen LogP contribution in [0, 0.1) is 6.92 Å². The smallest absolute Gasteiger partial charge is 0.348 e. The molecule has 0 bridgehead atoms. The third-order valence-electron chi connectivity index (χ3n) is 4.37. The summed E-state index contributed by atoms with van der Waals surface area (Å²) in [5, 5.41) is 8.50. The highest BCUT2D eigenvalue weighted by atomic mass is 32.2. The summed E-state index contributed by atoms with van der Waals surface area (Å²) in [6.07, 6.45) is 1.86. The van der Waals surface area contributed by atoms with Crippen LogP contribution in [0.3, 0.4) is 0 Å². The Morgan fingerprint density at radius 3 is 2.73 bits per heavy atom. The molecule has 0 spiro atoms. The predicted octanol–water partition coefficient (Wildman–Crippen LogP) is 4.95. The summed E-state index contributed by atoms with van der Waals surface area (Å²) in [5.41, 5.74) is 0.814. The number of aromatic nitrogens is 4. The molecule has 4 rings (SSSR count). The van der Waals surface area contributed by atoms with Crippen molar-refractivity contribution in [1.82, 2.24) is 19.7 Å². The second-order valence-corrected chi connectivity index (χ2v) is 8.59. The van der Waals surface area contributed by atoms with Crippen LogP contribution in [-0.4, -0.2) is 32.3 Å². The largest absolute Gasteiger partial charge is 0.462 e. The Bertz CT molecular complexity index is 1190. The van der Waals surface area contributed by atoms with E-state index in [1.807, 2.05) is 44.4 Å². The number of carbonyl (C=O) groups excluding carboxylic acids is 1. The van der Waals surface area contributed by atoms with E-state index in [0.29, 0.717) is 34.7 Å². The van der Waals surface area contributed by atoms with Crippen LogP contribution >= 0.6 is 23.1 Å². The fourth-order valence-corrected chi connectivity index (χ4v) is 4.87. The summed E-state index contributed by atoms with van der Waals surface area (Å²) >= 11 is 3.00. The summed E-state index contributed by atoms with van der Waals surface area (Å²) in [7, 11) is 1.86. The van der Waals surface area contributed by atoms with Crippen molar-refractivity contribution in [3.63, 3.8) is 0 Å². The van der Waals surface area contributed by atoms with Crippen LogP contribution in [0.2, 0.25) is 0 Å². The van der Waals surface area contributed by atoms with Gasteiger partial charge >= 0.3 is 5.97 Å². The molecule has 1 aromatic carbocycles. The van der Waals surface area contributed by atoms with Crippen LogP contribution in [0.25, 0.3) is 10.2 Å². The molecule has 0 aliphatic rings. The van der Waals surface area contributed by atoms with E-state index in [1.165, 1.54) is 11.3 Å². The number of nitrogens with zero attached hydrogens (tertiary/aromatic N) is 4. The van der Waals surface area contributed by atoms with Crippen molar-refractivity contribution < 1.29 is 9.53 Å². The minimum atomic E-state index is -0.331. The van der Waals surface area contributed by atoms with Gasteiger partial charge in [-0.2, -0.15) is 5.10 Å². The molecule has 0 atom stereocenters. The third-order valence-corrected chi connectivity index (χ3v) is 6.54. The molecule has 1 N–H and O–H groups in total. The Labute approximate surface area is 182 Å². The summed E-state index contributed by atoms with van der Waals surface area (Å²) < 4.78 is 6.94. The number of thiophene rings is 1. The predicted molar refractivity (Wildman–Crippen MR) is 121 cm³/mol. The number of thioether (sulfide) groups is 1. The number of aryl methyl sites for hydroxylation is 2. The van der Waals surface area contributed by atoms with Crippen molar-refractivity contribution in [2.45, 2.75) is 24.5 Å². The molecular weight excluding hydrogens is 418 g/mol. The average molecular weight is 440 g/mol. The number of anilines is 2. The van der Waals surface area contributed by atoms with Crippen LogP contribution in [0.15, 0.2) is 47.5 Å². The minimum Gasteiger partial charge on any atom is -0.462 e. The van der Waals surface area contributed by atoms with E-state index >= 15 is 0 Å². The maximum atomic E-state index is 12.4. The Balaban J connectivity index is 1.74. The number of nitrogens with one attached hydrogen (secondary N) is 1. The lowest BCUT2D eigenvalue weighted by Crippen LogP contribution is -2.04. The van der Waals surface area contributed by atoms with E-state index in [1.54, 1.807) is 23.4 Å². The number of benzene rings is 1. The fourth-order valence-electron chi connectivity index (χ4n) is 3.00. The molecule has 0 amide bonds. The van der Waals surface area contributed by atoms with Gasteiger partial charge in [0.05, 0.1) is 17.7 Å². The summed E-state index contributed by atoms with van der Waals surface area (Å²) in [6.45, 7) is 4.03. The van der Waals surface area contributed by atoms with Gasteiger partial charge in [-0.25, -0.2) is 14.8 Å². The molecule has 0 radical (unpaired) electrons. The van der Waals surface area contributed by atoms with Crippen LogP contribution in [0.4, 0.5) is 11.6 Å². The summed E-state index contributed by atoms with van der Waals surface area (Å²) in [6, 6.07) is 12.0. The van der Waals surface area contributed by atoms with Crippen LogP contribution in [-0.2, 0) is 17.5 Å². The first-order valence-electron chi connectivity index (χ1n) is 9.46. The lowest BCUT2D eigenvalue weighted by atomic mass is 10.2. The maximum Gasteiger partial charge on any atom is 0.348 e. The summed E-state index contributed by atoms with van der Waals surface area (Å²) in [4.78, 5) is 24.4. The van der Waals surface area contributed by atoms with E-state index in [0.717, 1.165) is 20.7 Å². The van der Waals surface area contributed by atoms with Gasteiger partial charge in [0.15, 0.2) is 5.82 Å². The van der Waals surface area contributed by atoms with E-state index in [9.17, 15) is 4.79 Å². The van der Waals surface area contributed by atoms with Crippen LogP contribution in [0.1, 0.15) is 28.0 Å². The lowest BCUT2D eigenvalue weighted by molar-refractivity contribution is 0.0531. The highest BCUT2D eigenvalue weighted by molar-refractivity contribution is 7.98. The molecule has 0 aliphatic carbocycles. The zero-order chi connectivity index (χ0) is 21.1. The van der Waals surface area contributed by atoms with Gasteiger partial charge in [0, 0.05) is 24.2 Å². The minimum absolute atomic E-state index is 0.330. The highest BCUT2D eigenvalue weighted by Crippen LogP contribution is 2.36. The molecule has 30 heavy (non-hydrogen) atoms. The normalized spacial score (nSPS) is 11.0. The Kier molecular flexibility index (Phi) is 6.01. The molecular formula is C21H21N5O2S2. The molecule has 154 valence electrons. The van der Waals surface area contributed by atoms with Gasteiger partial charge in [0.2, 0.25) is 0 Å². The zero-order valence-electron chi connectivity index (χ0n) is 16.9. The van der Waals surface area contributed by atoms with E-state index in [4.69, 9.17) is 14.7 Å². The van der Waals surface area contributed by atoms with Crippen molar-refractivity contribution in [1.29, 1.82) is 0 Å². The first-order chi connectivity index (χ1) is 14.5. The summed E-state index contributed by atoms with van der Waals surface area (Å²) in [5.74, 6) is 2.30. The molecule has 0 saturated carbocycles. The SMILES string of the molecule is CCOC(=O)c1sc2nc(CSc3ccccc3)nc(Nc3ccn(C)n3)c2c1C. The first-order valence-corrected chi connectivity index (χ1v) is 11.3. The monoisotopic (exact) mass is 439 g/mol. The molecule has 4 aromatic rings. The van der Waals surface area contributed by atoms with Gasteiger partial charge in [0.1, 0.15) is 21.3 Å².